The Morgan fingerprint density at radius 2 is 1.02 bits per heavy atom. The zero-order valence-corrected chi connectivity index (χ0v) is 30.7. The normalized spacial score (nSPS) is 15.9. The smallest absolute Gasteiger partial charge is 0.136 e. The minimum Gasteiger partial charge on any atom is -0.456 e. The molecular weight excluding hydrogens is 701 g/mol. The lowest BCUT2D eigenvalue weighted by molar-refractivity contribution is 0.409. The van der Waals surface area contributed by atoms with E-state index in [0.717, 1.165) is 83.2 Å². The Hall–Kier alpha value is -7.41. The Bertz CT molecular complexity index is 3320. The van der Waals surface area contributed by atoms with Gasteiger partial charge in [-0.25, -0.2) is 4.99 Å². The van der Waals surface area contributed by atoms with Crippen molar-refractivity contribution in [3.05, 3.63) is 199 Å². The molecule has 12 rings (SSSR count). The summed E-state index contributed by atoms with van der Waals surface area (Å²) >= 11 is 0. The predicted octanol–water partition coefficient (Wildman–Crippen LogP) is 12.6. The molecular formula is C51H34N4O2. The summed E-state index contributed by atoms with van der Waals surface area (Å²) in [5, 5.41) is 14.2. The molecule has 1 aliphatic rings. The molecule has 57 heavy (non-hydrogen) atoms. The molecule has 0 fully saturated rings. The molecule has 270 valence electrons. The van der Waals surface area contributed by atoms with Gasteiger partial charge in [-0.05, 0) is 89.0 Å². The van der Waals surface area contributed by atoms with Gasteiger partial charge in [-0.3, -0.25) is 5.32 Å². The summed E-state index contributed by atoms with van der Waals surface area (Å²) in [6.45, 7) is 0. The average molecular weight is 735 g/mol. The van der Waals surface area contributed by atoms with E-state index in [1.54, 1.807) is 0 Å². The van der Waals surface area contributed by atoms with E-state index in [4.69, 9.17) is 13.8 Å². The number of aliphatic imine (C=N–C) groups is 1. The first kappa shape index (κ1) is 31.9. The van der Waals surface area contributed by atoms with Crippen LogP contribution in [0.15, 0.2) is 196 Å². The maximum Gasteiger partial charge on any atom is 0.136 e. The molecule has 11 aromatic rings. The van der Waals surface area contributed by atoms with Gasteiger partial charge in [0.15, 0.2) is 0 Å². The second-order valence-electron chi connectivity index (χ2n) is 14.8. The van der Waals surface area contributed by atoms with Crippen molar-refractivity contribution < 1.29 is 8.83 Å². The van der Waals surface area contributed by atoms with Crippen LogP contribution in [-0.2, 0) is 0 Å². The van der Waals surface area contributed by atoms with Gasteiger partial charge >= 0.3 is 0 Å². The first-order chi connectivity index (χ1) is 28.2. The van der Waals surface area contributed by atoms with Gasteiger partial charge in [-0.1, -0.05) is 115 Å². The van der Waals surface area contributed by atoms with E-state index in [0.29, 0.717) is 0 Å². The van der Waals surface area contributed by atoms with Gasteiger partial charge < -0.3 is 18.7 Å². The fourth-order valence-electron chi connectivity index (χ4n) is 8.72. The van der Waals surface area contributed by atoms with Gasteiger partial charge in [0.1, 0.15) is 40.5 Å². The van der Waals surface area contributed by atoms with E-state index >= 15 is 0 Å². The zero-order chi connectivity index (χ0) is 37.5. The van der Waals surface area contributed by atoms with E-state index in [2.05, 4.69) is 173 Å². The maximum atomic E-state index is 6.52. The molecule has 4 heterocycles. The van der Waals surface area contributed by atoms with Gasteiger partial charge in [0.25, 0.3) is 0 Å². The molecule has 0 bridgehead atoms. The third kappa shape index (κ3) is 5.19. The summed E-state index contributed by atoms with van der Waals surface area (Å²) in [6.07, 6.45) is -0.379. The van der Waals surface area contributed by atoms with Crippen LogP contribution in [0.3, 0.4) is 0 Å². The highest BCUT2D eigenvalue weighted by atomic mass is 16.3. The molecule has 6 nitrogen and oxygen atoms in total. The number of amidine groups is 1. The molecule has 0 radical (unpaired) electrons. The predicted molar refractivity (Wildman–Crippen MR) is 232 cm³/mol. The number of para-hydroxylation sites is 2. The van der Waals surface area contributed by atoms with Crippen LogP contribution in [0.2, 0.25) is 0 Å². The van der Waals surface area contributed by atoms with Gasteiger partial charge in [0, 0.05) is 43.6 Å². The molecule has 0 aliphatic carbocycles. The van der Waals surface area contributed by atoms with Crippen LogP contribution >= 0.6 is 0 Å². The fraction of sp³-hybridized carbons (Fsp3) is 0.0392. The highest BCUT2D eigenvalue weighted by Gasteiger charge is 2.26. The second kappa shape index (κ2) is 12.6. The number of nitrogens with zero attached hydrogens (tertiary/aromatic N) is 2. The summed E-state index contributed by atoms with van der Waals surface area (Å²) in [5.41, 5.74) is 12.4. The molecule has 2 N–H and O–H groups in total. The molecule has 2 unspecified atom stereocenters. The van der Waals surface area contributed by atoms with Crippen LogP contribution in [0.5, 0.6) is 0 Å². The van der Waals surface area contributed by atoms with Crippen LogP contribution in [-0.4, -0.2) is 10.4 Å². The number of nitrogens with one attached hydrogen (secondary N) is 2. The van der Waals surface area contributed by atoms with Crippen LogP contribution in [0.1, 0.15) is 29.0 Å². The number of aromatic nitrogens is 1. The molecule has 0 spiro atoms. The number of fused-ring (bicyclic) bond motifs is 9. The maximum absolute atomic E-state index is 6.52. The lowest BCUT2D eigenvalue weighted by Crippen LogP contribution is -2.44. The van der Waals surface area contributed by atoms with E-state index < -0.39 is 0 Å². The van der Waals surface area contributed by atoms with E-state index in [9.17, 15) is 0 Å². The van der Waals surface area contributed by atoms with Crippen LogP contribution < -0.4 is 10.6 Å². The monoisotopic (exact) mass is 734 g/mol. The summed E-state index contributed by atoms with van der Waals surface area (Å²) in [7, 11) is 0. The van der Waals surface area contributed by atoms with Crippen molar-refractivity contribution in [3.63, 3.8) is 0 Å². The highest BCUT2D eigenvalue weighted by Crippen LogP contribution is 2.39. The Morgan fingerprint density at radius 3 is 1.79 bits per heavy atom. The number of hydrogen-bond donors (Lipinski definition) is 2. The number of hydrogen-bond acceptors (Lipinski definition) is 5. The Morgan fingerprint density at radius 1 is 0.421 bits per heavy atom. The Labute approximate surface area is 327 Å². The fourth-order valence-corrected chi connectivity index (χ4v) is 8.72. The van der Waals surface area contributed by atoms with Crippen LogP contribution in [0.25, 0.3) is 82.5 Å². The molecule has 0 amide bonds. The quantitative estimate of drug-likeness (QED) is 0.185. The first-order valence-corrected chi connectivity index (χ1v) is 19.3. The molecule has 8 aromatic carbocycles. The second-order valence-corrected chi connectivity index (χ2v) is 14.8. The standard InChI is InChI=1S/C51H34N4O2/c1-3-11-31(12-4-1)49-52-50(32-13-5-2-6-14-32)54-51(53-49)35-21-25-46-41(28-35)40-27-33(20-24-45(40)56-46)34-19-23-39-42-30-36(22-26-47(42)57-48(39)29-34)55-43-17-9-7-15-37(43)38-16-8-10-18-44(38)55/h1-30,49,51,53H,(H,52,54). The van der Waals surface area contributed by atoms with Crippen molar-refractivity contribution in [2.75, 3.05) is 0 Å². The molecule has 1 aliphatic heterocycles. The molecule has 6 heteroatoms. The minimum absolute atomic E-state index is 0.110. The highest BCUT2D eigenvalue weighted by molar-refractivity contribution is 6.11. The zero-order valence-electron chi connectivity index (χ0n) is 30.7. The van der Waals surface area contributed by atoms with Gasteiger partial charge in [0.2, 0.25) is 0 Å². The van der Waals surface area contributed by atoms with Crippen molar-refractivity contribution in [2.24, 2.45) is 4.99 Å². The number of rotatable bonds is 5. The summed E-state index contributed by atoms with van der Waals surface area (Å²) in [5.74, 6) is 0.858. The third-order valence-corrected chi connectivity index (χ3v) is 11.5. The van der Waals surface area contributed by atoms with Gasteiger partial charge in [-0.15, -0.1) is 0 Å². The van der Waals surface area contributed by atoms with Crippen molar-refractivity contribution in [3.8, 4) is 16.8 Å². The van der Waals surface area contributed by atoms with Crippen LogP contribution in [0, 0.1) is 0 Å². The summed E-state index contributed by atoms with van der Waals surface area (Å²) in [6, 6.07) is 63.9. The molecule has 0 saturated heterocycles. The summed E-state index contributed by atoms with van der Waals surface area (Å²) in [4.78, 5) is 5.18. The first-order valence-electron chi connectivity index (χ1n) is 19.3. The Balaban J connectivity index is 0.924. The van der Waals surface area contributed by atoms with Gasteiger partial charge in [0.05, 0.1) is 11.0 Å². The van der Waals surface area contributed by atoms with E-state index in [1.165, 1.54) is 21.8 Å². The van der Waals surface area contributed by atoms with E-state index in [1.807, 2.05) is 24.3 Å². The lowest BCUT2D eigenvalue weighted by atomic mass is 10.00. The SMILES string of the molecule is c1ccc(C2=NC(c3ccc4oc5ccc(-c6ccc7c(c6)oc6ccc(-n8c9ccccc9c9ccccc98)cc67)cc5c4c3)NC(c3ccccc3)N2)cc1. The molecule has 2 atom stereocenters. The average Bonchev–Trinajstić information content (AvgIpc) is 3.95. The number of furan rings is 2. The Kier molecular flexibility index (Phi) is 7.03. The lowest BCUT2D eigenvalue weighted by Gasteiger charge is -2.32. The molecule has 0 saturated carbocycles. The van der Waals surface area contributed by atoms with Crippen LogP contribution in [0.4, 0.5) is 0 Å². The number of benzene rings is 8. The molecule has 3 aromatic heterocycles. The summed E-state index contributed by atoms with van der Waals surface area (Å²) < 4.78 is 15.3. The largest absolute Gasteiger partial charge is 0.456 e. The van der Waals surface area contributed by atoms with Gasteiger partial charge in [-0.2, -0.15) is 0 Å². The van der Waals surface area contributed by atoms with Crippen molar-refractivity contribution >= 4 is 71.5 Å². The van der Waals surface area contributed by atoms with Crippen molar-refractivity contribution in [1.29, 1.82) is 0 Å². The van der Waals surface area contributed by atoms with E-state index in [-0.39, 0.29) is 12.3 Å². The topological polar surface area (TPSA) is 67.6 Å². The van der Waals surface area contributed by atoms with Crippen molar-refractivity contribution in [2.45, 2.75) is 12.3 Å². The van der Waals surface area contributed by atoms with Crippen molar-refractivity contribution in [1.82, 2.24) is 15.2 Å². The minimum atomic E-state index is -0.268. The third-order valence-electron chi connectivity index (χ3n) is 11.5.